The van der Waals surface area contributed by atoms with Crippen molar-refractivity contribution in [2.75, 3.05) is 7.11 Å². The number of aromatic hydroxyl groups is 1. The van der Waals surface area contributed by atoms with Crippen molar-refractivity contribution in [2.24, 2.45) is 0 Å². The van der Waals surface area contributed by atoms with Gasteiger partial charge in [-0.05, 0) is 29.7 Å². The molecule has 0 heterocycles. The smallest absolute Gasteiger partial charge is 0.126 e. The fourth-order valence-corrected chi connectivity index (χ4v) is 1.88. The van der Waals surface area contributed by atoms with Gasteiger partial charge in [0.15, 0.2) is 0 Å². The highest BCUT2D eigenvalue weighted by atomic mass is 16.5. The molecule has 0 atom stereocenters. The van der Waals surface area contributed by atoms with Crippen LogP contribution in [0.4, 0.5) is 0 Å². The monoisotopic (exact) mass is 228 g/mol. The average Bonchev–Trinajstić information content (AvgIpc) is 2.39. The number of phenols is 1. The van der Waals surface area contributed by atoms with Crippen molar-refractivity contribution in [3.8, 4) is 22.6 Å². The molecule has 0 spiro atoms. The fraction of sp³-hybridized carbons (Fsp3) is 0.200. The number of hydrogen-bond acceptors (Lipinski definition) is 2. The van der Waals surface area contributed by atoms with Crippen LogP contribution in [0.15, 0.2) is 42.5 Å². The molecule has 0 unspecified atom stereocenters. The molecule has 17 heavy (non-hydrogen) atoms. The normalized spacial score (nSPS) is 10.2. The zero-order valence-corrected chi connectivity index (χ0v) is 10.1. The quantitative estimate of drug-likeness (QED) is 0.869. The lowest BCUT2D eigenvalue weighted by molar-refractivity contribution is 0.415. The molecule has 0 amide bonds. The van der Waals surface area contributed by atoms with Crippen molar-refractivity contribution >= 4 is 0 Å². The maximum Gasteiger partial charge on any atom is 0.126 e. The van der Waals surface area contributed by atoms with Crippen molar-refractivity contribution in [2.45, 2.75) is 13.3 Å². The number of aryl methyl sites for hydroxylation is 1. The van der Waals surface area contributed by atoms with Gasteiger partial charge in [0.25, 0.3) is 0 Å². The zero-order valence-electron chi connectivity index (χ0n) is 10.1. The van der Waals surface area contributed by atoms with Crippen LogP contribution in [-0.4, -0.2) is 12.2 Å². The van der Waals surface area contributed by atoms with Gasteiger partial charge in [-0.1, -0.05) is 37.3 Å². The number of methoxy groups -OCH3 is 1. The van der Waals surface area contributed by atoms with Crippen LogP contribution in [0, 0.1) is 0 Å². The van der Waals surface area contributed by atoms with Crippen LogP contribution in [-0.2, 0) is 6.42 Å². The summed E-state index contributed by atoms with van der Waals surface area (Å²) in [6.45, 7) is 2.03. The number of ether oxygens (including phenoxy) is 1. The van der Waals surface area contributed by atoms with Gasteiger partial charge in [0.2, 0.25) is 0 Å². The SMILES string of the molecule is CCc1cccc(-c2ccc(OC)cc2)c1O. The van der Waals surface area contributed by atoms with Crippen LogP contribution in [0.1, 0.15) is 12.5 Å². The minimum Gasteiger partial charge on any atom is -0.507 e. The lowest BCUT2D eigenvalue weighted by Crippen LogP contribution is -1.86. The Morgan fingerprint density at radius 1 is 1.06 bits per heavy atom. The topological polar surface area (TPSA) is 29.5 Å². The summed E-state index contributed by atoms with van der Waals surface area (Å²) in [5.41, 5.74) is 2.84. The van der Waals surface area contributed by atoms with Gasteiger partial charge < -0.3 is 9.84 Å². The largest absolute Gasteiger partial charge is 0.507 e. The third-order valence-corrected chi connectivity index (χ3v) is 2.90. The zero-order chi connectivity index (χ0) is 12.3. The van der Waals surface area contributed by atoms with Crippen molar-refractivity contribution in [1.29, 1.82) is 0 Å². The van der Waals surface area contributed by atoms with E-state index in [1.807, 2.05) is 49.4 Å². The summed E-state index contributed by atoms with van der Waals surface area (Å²) >= 11 is 0. The lowest BCUT2D eigenvalue weighted by atomic mass is 10.0. The van der Waals surface area contributed by atoms with E-state index in [1.54, 1.807) is 7.11 Å². The van der Waals surface area contributed by atoms with Gasteiger partial charge in [-0.3, -0.25) is 0 Å². The maximum atomic E-state index is 10.1. The summed E-state index contributed by atoms with van der Waals surface area (Å²) in [7, 11) is 1.64. The standard InChI is InChI=1S/C15H16O2/c1-3-11-5-4-6-14(15(11)16)12-7-9-13(17-2)10-8-12/h4-10,16H,3H2,1-2H3. The molecule has 0 saturated carbocycles. The van der Waals surface area contributed by atoms with E-state index in [1.165, 1.54) is 0 Å². The predicted molar refractivity (Wildman–Crippen MR) is 69.5 cm³/mol. The van der Waals surface area contributed by atoms with E-state index < -0.39 is 0 Å². The van der Waals surface area contributed by atoms with E-state index >= 15 is 0 Å². The molecule has 0 bridgehead atoms. The van der Waals surface area contributed by atoms with Gasteiger partial charge in [-0.2, -0.15) is 0 Å². The van der Waals surface area contributed by atoms with E-state index in [9.17, 15) is 5.11 Å². The van der Waals surface area contributed by atoms with Gasteiger partial charge in [0, 0.05) is 5.56 Å². The summed E-state index contributed by atoms with van der Waals surface area (Å²) in [6.07, 6.45) is 0.829. The highest BCUT2D eigenvalue weighted by Gasteiger charge is 2.07. The summed E-state index contributed by atoms with van der Waals surface area (Å²) in [5, 5.41) is 10.1. The van der Waals surface area contributed by atoms with Gasteiger partial charge >= 0.3 is 0 Å². The summed E-state index contributed by atoms with van der Waals surface area (Å²) in [5.74, 6) is 1.19. The van der Waals surface area contributed by atoms with E-state index in [-0.39, 0.29) is 0 Å². The Bertz CT molecular complexity index is 501. The predicted octanol–water partition coefficient (Wildman–Crippen LogP) is 3.63. The molecule has 2 aromatic rings. The number of benzene rings is 2. The first kappa shape index (κ1) is 11.5. The Hall–Kier alpha value is -1.96. The van der Waals surface area contributed by atoms with E-state index in [2.05, 4.69) is 0 Å². The highest BCUT2D eigenvalue weighted by molar-refractivity contribution is 5.72. The van der Waals surface area contributed by atoms with Crippen molar-refractivity contribution in [3.05, 3.63) is 48.0 Å². The first-order valence-corrected chi connectivity index (χ1v) is 5.71. The molecule has 88 valence electrons. The summed E-state index contributed by atoms with van der Waals surface area (Å²) in [6, 6.07) is 13.5. The third-order valence-electron chi connectivity index (χ3n) is 2.90. The van der Waals surface area contributed by atoms with Gasteiger partial charge in [-0.25, -0.2) is 0 Å². The second kappa shape index (κ2) is 4.91. The molecular weight excluding hydrogens is 212 g/mol. The number of hydrogen-bond donors (Lipinski definition) is 1. The molecule has 1 N–H and O–H groups in total. The molecular formula is C15H16O2. The number of rotatable bonds is 3. The summed E-state index contributed by atoms with van der Waals surface area (Å²) in [4.78, 5) is 0. The molecule has 0 radical (unpaired) electrons. The van der Waals surface area contributed by atoms with E-state index in [0.29, 0.717) is 5.75 Å². The molecule has 2 heteroatoms. The van der Waals surface area contributed by atoms with Gasteiger partial charge in [-0.15, -0.1) is 0 Å². The summed E-state index contributed by atoms with van der Waals surface area (Å²) < 4.78 is 5.12. The van der Waals surface area contributed by atoms with Crippen LogP contribution in [0.2, 0.25) is 0 Å². The average molecular weight is 228 g/mol. The third kappa shape index (κ3) is 2.26. The van der Waals surface area contributed by atoms with Crippen molar-refractivity contribution < 1.29 is 9.84 Å². The molecule has 0 fully saturated rings. The minimum absolute atomic E-state index is 0.375. The van der Waals surface area contributed by atoms with E-state index in [0.717, 1.165) is 28.9 Å². The lowest BCUT2D eigenvalue weighted by Gasteiger charge is -2.09. The minimum atomic E-state index is 0.375. The van der Waals surface area contributed by atoms with Crippen LogP contribution in [0.3, 0.4) is 0 Å². The second-order valence-electron chi connectivity index (χ2n) is 3.90. The second-order valence-corrected chi connectivity index (χ2v) is 3.90. The molecule has 2 nitrogen and oxygen atoms in total. The molecule has 0 aliphatic carbocycles. The van der Waals surface area contributed by atoms with Gasteiger partial charge in [0.1, 0.15) is 11.5 Å². The van der Waals surface area contributed by atoms with E-state index in [4.69, 9.17) is 4.74 Å². The molecule has 2 aromatic carbocycles. The molecule has 0 saturated heterocycles. The van der Waals surface area contributed by atoms with Crippen LogP contribution >= 0.6 is 0 Å². The molecule has 2 rings (SSSR count). The highest BCUT2D eigenvalue weighted by Crippen LogP contribution is 2.33. The molecule has 0 aliphatic heterocycles. The van der Waals surface area contributed by atoms with Crippen LogP contribution < -0.4 is 4.74 Å². The Kier molecular flexibility index (Phi) is 3.33. The molecule has 0 aliphatic rings. The molecule has 0 aromatic heterocycles. The van der Waals surface area contributed by atoms with Crippen LogP contribution in [0.5, 0.6) is 11.5 Å². The van der Waals surface area contributed by atoms with Crippen molar-refractivity contribution in [1.82, 2.24) is 0 Å². The Morgan fingerprint density at radius 3 is 2.35 bits per heavy atom. The van der Waals surface area contributed by atoms with Crippen molar-refractivity contribution in [3.63, 3.8) is 0 Å². The maximum absolute atomic E-state index is 10.1. The number of phenolic OH excluding ortho intramolecular Hbond substituents is 1. The van der Waals surface area contributed by atoms with Crippen LogP contribution in [0.25, 0.3) is 11.1 Å². The number of para-hydroxylation sites is 1. The first-order valence-electron chi connectivity index (χ1n) is 5.71. The fourth-order valence-electron chi connectivity index (χ4n) is 1.88. The Balaban J connectivity index is 2.45. The van der Waals surface area contributed by atoms with Gasteiger partial charge in [0.05, 0.1) is 7.11 Å². The Labute approximate surface area is 101 Å². The Morgan fingerprint density at radius 2 is 1.76 bits per heavy atom. The first-order chi connectivity index (χ1) is 8.26.